The second-order valence-corrected chi connectivity index (χ2v) is 8.42. The highest BCUT2D eigenvalue weighted by molar-refractivity contribution is 7.20. The number of hydrogen-bond acceptors (Lipinski definition) is 4. The minimum absolute atomic E-state index is 0.0115. The van der Waals surface area contributed by atoms with Gasteiger partial charge in [0.2, 0.25) is 0 Å². The van der Waals surface area contributed by atoms with Crippen molar-refractivity contribution in [3.63, 3.8) is 0 Å². The van der Waals surface area contributed by atoms with Gasteiger partial charge in [-0.3, -0.25) is 4.79 Å². The van der Waals surface area contributed by atoms with Gasteiger partial charge >= 0.3 is 0 Å². The highest BCUT2D eigenvalue weighted by atomic mass is 32.1. The molecule has 0 aliphatic carbocycles. The lowest BCUT2D eigenvalue weighted by molar-refractivity contribution is 0.0750. The molecule has 1 aromatic carbocycles. The van der Waals surface area contributed by atoms with Gasteiger partial charge in [0, 0.05) is 17.3 Å². The third-order valence-corrected chi connectivity index (χ3v) is 6.82. The number of hydrogen-bond donors (Lipinski definition) is 0. The van der Waals surface area contributed by atoms with Crippen molar-refractivity contribution in [1.82, 2.24) is 14.7 Å². The summed E-state index contributed by atoms with van der Waals surface area (Å²) in [5.41, 5.74) is 1.62. The molecule has 4 aromatic rings. The minimum atomic E-state index is -0.287. The number of fused-ring (bicyclic) bond motifs is 1. The van der Waals surface area contributed by atoms with Gasteiger partial charge in [-0.05, 0) is 55.6 Å². The number of aromatic nitrogens is 2. The largest absolute Gasteiger partial charge is 0.333 e. The number of halogens is 1. The van der Waals surface area contributed by atoms with Crippen molar-refractivity contribution in [3.8, 4) is 5.69 Å². The lowest BCUT2D eigenvalue weighted by Gasteiger charge is -2.23. The predicted octanol–water partition coefficient (Wildman–Crippen LogP) is 5.43. The van der Waals surface area contributed by atoms with E-state index in [0.29, 0.717) is 4.88 Å². The van der Waals surface area contributed by atoms with Crippen molar-refractivity contribution < 1.29 is 9.18 Å². The van der Waals surface area contributed by atoms with Gasteiger partial charge in [-0.1, -0.05) is 6.07 Å². The molecule has 3 heterocycles. The van der Waals surface area contributed by atoms with Crippen LogP contribution in [0.1, 0.15) is 33.2 Å². The first kappa shape index (κ1) is 17.9. The molecule has 0 aliphatic rings. The molecule has 0 bridgehead atoms. The predicted molar refractivity (Wildman–Crippen MR) is 108 cm³/mol. The summed E-state index contributed by atoms with van der Waals surface area (Å²) in [6.07, 6.45) is 0. The first-order valence-electron chi connectivity index (χ1n) is 8.51. The van der Waals surface area contributed by atoms with Crippen LogP contribution in [-0.2, 0) is 0 Å². The van der Waals surface area contributed by atoms with Crippen molar-refractivity contribution in [1.29, 1.82) is 0 Å². The third-order valence-electron chi connectivity index (χ3n) is 4.68. The van der Waals surface area contributed by atoms with E-state index in [0.717, 1.165) is 26.5 Å². The Morgan fingerprint density at radius 2 is 2.00 bits per heavy atom. The molecule has 138 valence electrons. The van der Waals surface area contributed by atoms with E-state index in [1.807, 2.05) is 44.5 Å². The lowest BCUT2D eigenvalue weighted by atomic mass is 10.2. The molecular weight excluding hydrogens is 381 g/mol. The van der Waals surface area contributed by atoms with Crippen molar-refractivity contribution >= 4 is 38.8 Å². The first-order valence-corrected chi connectivity index (χ1v) is 10.2. The number of amides is 1. The maximum atomic E-state index is 13.2. The molecule has 27 heavy (non-hydrogen) atoms. The van der Waals surface area contributed by atoms with Crippen LogP contribution < -0.4 is 0 Å². The van der Waals surface area contributed by atoms with Gasteiger partial charge in [-0.15, -0.1) is 22.7 Å². The molecule has 4 rings (SSSR count). The van der Waals surface area contributed by atoms with Gasteiger partial charge in [0.05, 0.1) is 22.3 Å². The molecule has 0 saturated heterocycles. The Labute approximate surface area is 164 Å². The summed E-state index contributed by atoms with van der Waals surface area (Å²) in [6.45, 7) is 3.95. The summed E-state index contributed by atoms with van der Waals surface area (Å²) in [5.74, 6) is -0.299. The van der Waals surface area contributed by atoms with E-state index in [1.165, 1.54) is 23.5 Å². The van der Waals surface area contributed by atoms with Crippen LogP contribution in [0, 0.1) is 12.7 Å². The number of rotatable bonds is 4. The molecule has 0 fully saturated rings. The second-order valence-electron chi connectivity index (χ2n) is 6.41. The monoisotopic (exact) mass is 399 g/mol. The molecule has 7 heteroatoms. The number of benzene rings is 1. The quantitative estimate of drug-likeness (QED) is 0.459. The molecule has 0 aliphatic heterocycles. The second kappa shape index (κ2) is 6.90. The van der Waals surface area contributed by atoms with E-state index < -0.39 is 0 Å². The molecule has 0 radical (unpaired) electrons. The van der Waals surface area contributed by atoms with Crippen molar-refractivity contribution in [2.75, 3.05) is 7.05 Å². The summed E-state index contributed by atoms with van der Waals surface area (Å²) in [5, 5.41) is 7.52. The third kappa shape index (κ3) is 3.17. The first-order chi connectivity index (χ1) is 13.0. The summed E-state index contributed by atoms with van der Waals surface area (Å²) in [6, 6.07) is 12.2. The summed E-state index contributed by atoms with van der Waals surface area (Å²) >= 11 is 3.06. The molecule has 1 atom stereocenters. The average molecular weight is 400 g/mol. The Morgan fingerprint density at radius 1 is 1.26 bits per heavy atom. The van der Waals surface area contributed by atoms with Gasteiger partial charge in [-0.25, -0.2) is 9.07 Å². The zero-order valence-corrected chi connectivity index (χ0v) is 16.8. The minimum Gasteiger partial charge on any atom is -0.333 e. The molecular formula is C20H18FN3OS2. The van der Waals surface area contributed by atoms with E-state index in [4.69, 9.17) is 0 Å². The van der Waals surface area contributed by atoms with Crippen LogP contribution in [0.15, 0.2) is 47.8 Å². The normalized spacial score (nSPS) is 12.4. The highest BCUT2D eigenvalue weighted by Gasteiger charge is 2.23. The molecule has 3 aromatic heterocycles. The fourth-order valence-electron chi connectivity index (χ4n) is 2.98. The van der Waals surface area contributed by atoms with Gasteiger partial charge < -0.3 is 4.90 Å². The smallest absolute Gasteiger partial charge is 0.264 e. The topological polar surface area (TPSA) is 38.1 Å². The van der Waals surface area contributed by atoms with Crippen molar-refractivity contribution in [2.45, 2.75) is 19.9 Å². The number of nitrogens with zero attached hydrogens (tertiary/aromatic N) is 3. The Hall–Kier alpha value is -2.51. The van der Waals surface area contributed by atoms with Gasteiger partial charge in [-0.2, -0.15) is 5.10 Å². The Balaban J connectivity index is 1.70. The van der Waals surface area contributed by atoms with Gasteiger partial charge in [0.25, 0.3) is 5.91 Å². The number of aryl methyl sites for hydroxylation is 1. The molecule has 4 nitrogen and oxygen atoms in total. The van der Waals surface area contributed by atoms with Crippen LogP contribution in [0.4, 0.5) is 4.39 Å². The lowest BCUT2D eigenvalue weighted by Crippen LogP contribution is -2.28. The number of thiophene rings is 2. The van der Waals surface area contributed by atoms with Crippen molar-refractivity contribution in [2.24, 2.45) is 0 Å². The van der Waals surface area contributed by atoms with Gasteiger partial charge in [0.15, 0.2) is 0 Å². The van der Waals surface area contributed by atoms with E-state index in [9.17, 15) is 9.18 Å². The summed E-state index contributed by atoms with van der Waals surface area (Å²) in [4.78, 5) is 17.5. The zero-order chi connectivity index (χ0) is 19.1. The van der Waals surface area contributed by atoms with Gasteiger partial charge in [0.1, 0.15) is 10.6 Å². The Kier molecular flexibility index (Phi) is 4.57. The molecule has 0 spiro atoms. The SMILES string of the molecule is Cc1nn(-c2ccc(F)cc2)c2sc(C(=O)N(C)C(C)c3cccs3)cc12. The highest BCUT2D eigenvalue weighted by Crippen LogP contribution is 2.33. The maximum absolute atomic E-state index is 13.2. The zero-order valence-electron chi connectivity index (χ0n) is 15.1. The van der Waals surface area contributed by atoms with Crippen molar-refractivity contribution in [3.05, 3.63) is 69.1 Å². The average Bonchev–Trinajstić information content (AvgIpc) is 3.39. The maximum Gasteiger partial charge on any atom is 0.264 e. The number of carbonyl (C=O) groups excluding carboxylic acids is 1. The van der Waals surface area contributed by atoms with Crippen LogP contribution in [-0.4, -0.2) is 27.6 Å². The van der Waals surface area contributed by atoms with Crippen LogP contribution in [0.3, 0.4) is 0 Å². The van der Waals surface area contributed by atoms with E-state index in [2.05, 4.69) is 5.10 Å². The summed E-state index contributed by atoms with van der Waals surface area (Å²) < 4.78 is 15.0. The van der Waals surface area contributed by atoms with Crippen LogP contribution >= 0.6 is 22.7 Å². The van der Waals surface area contributed by atoms with E-state index in [-0.39, 0.29) is 17.8 Å². The van der Waals surface area contributed by atoms with E-state index >= 15 is 0 Å². The van der Waals surface area contributed by atoms with Crippen LogP contribution in [0.5, 0.6) is 0 Å². The molecule has 0 saturated carbocycles. The van der Waals surface area contributed by atoms with Crippen LogP contribution in [0.25, 0.3) is 15.9 Å². The molecule has 1 amide bonds. The Bertz CT molecular complexity index is 1100. The molecule has 1 unspecified atom stereocenters. The standard InChI is InChI=1S/C20H18FN3OS2/c1-12-16-11-18(19(25)23(3)13(2)17-5-4-10-26-17)27-20(16)24(22-12)15-8-6-14(21)7-9-15/h4-11,13H,1-3H3. The number of carbonyl (C=O) groups is 1. The summed E-state index contributed by atoms with van der Waals surface area (Å²) in [7, 11) is 1.83. The fraction of sp³-hybridized carbons (Fsp3) is 0.200. The molecule has 0 N–H and O–H groups in total. The fourth-order valence-corrected chi connectivity index (χ4v) is 4.97. The van der Waals surface area contributed by atoms with E-state index in [1.54, 1.807) is 33.1 Å². The Morgan fingerprint density at radius 3 is 2.67 bits per heavy atom. The van der Waals surface area contributed by atoms with Crippen LogP contribution in [0.2, 0.25) is 0 Å².